The van der Waals surface area contributed by atoms with Crippen LogP contribution in [0.3, 0.4) is 0 Å². The zero-order valence-electron chi connectivity index (χ0n) is 16.3. The average Bonchev–Trinajstić information content (AvgIpc) is 3.24. The summed E-state index contributed by atoms with van der Waals surface area (Å²) in [5.74, 6) is 1.27. The first kappa shape index (κ1) is 17.4. The predicted molar refractivity (Wildman–Crippen MR) is 108 cm³/mol. The van der Waals surface area contributed by atoms with Crippen LogP contribution in [0.4, 0.5) is 0 Å². The van der Waals surface area contributed by atoms with Gasteiger partial charge in [0.1, 0.15) is 4.88 Å². The standard InChI is InChI=1S/C22H27N3OS/c1-13-4-6-16(7-5-13)18-12-25(22(26)21-14(2)23-15(3)27-21)19-17-8-10-24(11-9-17)20(18)19/h4-7,17-20H,8-12H2,1-3H3/t18-,19-,20-/m1/s1. The van der Waals surface area contributed by atoms with Crippen molar-refractivity contribution >= 4 is 17.2 Å². The SMILES string of the molecule is Cc1ccc([C@H]2CN(C(=O)c3sc(C)nc3C)[C@@H]3C4CCN(CC4)[C@H]23)cc1. The van der Waals surface area contributed by atoms with Crippen LogP contribution in [0.2, 0.25) is 0 Å². The van der Waals surface area contributed by atoms with Crippen molar-refractivity contribution in [1.82, 2.24) is 14.8 Å². The van der Waals surface area contributed by atoms with Crippen molar-refractivity contribution in [2.45, 2.75) is 51.6 Å². The first-order valence-electron chi connectivity index (χ1n) is 10.1. The van der Waals surface area contributed by atoms with Crippen LogP contribution >= 0.6 is 11.3 Å². The predicted octanol–water partition coefficient (Wildman–Crippen LogP) is 3.77. The summed E-state index contributed by atoms with van der Waals surface area (Å²) >= 11 is 1.55. The number of piperidine rings is 3. The maximum absolute atomic E-state index is 13.5. The normalized spacial score (nSPS) is 32.0. The fraction of sp³-hybridized carbons (Fsp3) is 0.545. The first-order chi connectivity index (χ1) is 13.0. The van der Waals surface area contributed by atoms with E-state index in [1.54, 1.807) is 11.3 Å². The summed E-state index contributed by atoms with van der Waals surface area (Å²) < 4.78 is 0. The zero-order chi connectivity index (χ0) is 18.7. The summed E-state index contributed by atoms with van der Waals surface area (Å²) in [5.41, 5.74) is 3.57. The number of aryl methyl sites for hydroxylation is 3. The second-order valence-corrected chi connectivity index (χ2v) is 9.68. The number of thiazole rings is 1. The molecule has 4 aliphatic rings. The van der Waals surface area contributed by atoms with Gasteiger partial charge in [-0.25, -0.2) is 4.98 Å². The number of aromatic nitrogens is 1. The molecule has 1 aromatic heterocycles. The molecule has 4 fully saturated rings. The van der Waals surface area contributed by atoms with Crippen LogP contribution in [0.25, 0.3) is 0 Å². The molecule has 4 nitrogen and oxygen atoms in total. The smallest absolute Gasteiger partial charge is 0.266 e. The molecule has 3 atom stereocenters. The number of hydrogen-bond acceptors (Lipinski definition) is 4. The monoisotopic (exact) mass is 381 g/mol. The van der Waals surface area contributed by atoms with E-state index in [9.17, 15) is 4.79 Å². The molecule has 2 bridgehead atoms. The van der Waals surface area contributed by atoms with Crippen LogP contribution in [0.1, 0.15) is 50.3 Å². The lowest BCUT2D eigenvalue weighted by Gasteiger charge is -2.51. The Morgan fingerprint density at radius 1 is 1.07 bits per heavy atom. The van der Waals surface area contributed by atoms with Crippen LogP contribution in [-0.4, -0.2) is 52.4 Å². The molecule has 2 aromatic rings. The van der Waals surface area contributed by atoms with E-state index in [0.717, 1.165) is 22.1 Å². The van der Waals surface area contributed by atoms with Crippen molar-refractivity contribution in [1.29, 1.82) is 0 Å². The highest BCUT2D eigenvalue weighted by Gasteiger charge is 2.54. The molecule has 0 aliphatic carbocycles. The van der Waals surface area contributed by atoms with Crippen LogP contribution < -0.4 is 0 Å². The lowest BCUT2D eigenvalue weighted by molar-refractivity contribution is -0.00328. The van der Waals surface area contributed by atoms with Gasteiger partial charge in [-0.15, -0.1) is 11.3 Å². The molecule has 5 heteroatoms. The van der Waals surface area contributed by atoms with Gasteiger partial charge in [0.25, 0.3) is 5.91 Å². The Morgan fingerprint density at radius 3 is 2.41 bits per heavy atom. The molecular formula is C22H27N3OS. The number of fused-ring (bicyclic) bond motifs is 2. The molecule has 5 heterocycles. The van der Waals surface area contributed by atoms with Crippen LogP contribution in [-0.2, 0) is 0 Å². The summed E-state index contributed by atoms with van der Waals surface area (Å²) in [7, 11) is 0. The topological polar surface area (TPSA) is 36.4 Å². The largest absolute Gasteiger partial charge is 0.332 e. The van der Waals surface area contributed by atoms with Gasteiger partial charge in [-0.3, -0.25) is 9.69 Å². The van der Waals surface area contributed by atoms with E-state index >= 15 is 0 Å². The van der Waals surface area contributed by atoms with E-state index in [0.29, 0.717) is 23.9 Å². The molecule has 0 saturated carbocycles. The highest BCUT2D eigenvalue weighted by molar-refractivity contribution is 7.13. The molecule has 6 rings (SSSR count). The number of hydrogen-bond donors (Lipinski definition) is 0. The van der Waals surface area contributed by atoms with Crippen molar-refractivity contribution in [3.63, 3.8) is 0 Å². The second-order valence-electron chi connectivity index (χ2n) is 8.48. The Labute approximate surface area is 165 Å². The Morgan fingerprint density at radius 2 is 1.78 bits per heavy atom. The van der Waals surface area contributed by atoms with Gasteiger partial charge in [0.2, 0.25) is 0 Å². The van der Waals surface area contributed by atoms with Gasteiger partial charge in [-0.1, -0.05) is 29.8 Å². The molecule has 0 N–H and O–H groups in total. The summed E-state index contributed by atoms with van der Waals surface area (Å²) in [4.78, 5) is 23.7. The third-order valence-corrected chi connectivity index (χ3v) is 7.92. The van der Waals surface area contributed by atoms with Gasteiger partial charge >= 0.3 is 0 Å². The second kappa shape index (κ2) is 6.42. The quantitative estimate of drug-likeness (QED) is 0.794. The first-order valence-corrected chi connectivity index (χ1v) is 10.9. The minimum absolute atomic E-state index is 0.205. The van der Waals surface area contributed by atoms with E-state index in [2.05, 4.69) is 46.0 Å². The van der Waals surface area contributed by atoms with E-state index in [-0.39, 0.29) is 5.91 Å². The number of carbonyl (C=O) groups is 1. The highest BCUT2D eigenvalue weighted by atomic mass is 32.1. The number of carbonyl (C=O) groups excluding carboxylic acids is 1. The van der Waals surface area contributed by atoms with Gasteiger partial charge in [-0.05, 0) is 58.2 Å². The van der Waals surface area contributed by atoms with Crippen molar-refractivity contribution in [2.24, 2.45) is 5.92 Å². The minimum Gasteiger partial charge on any atom is -0.332 e. The van der Waals surface area contributed by atoms with E-state index in [1.165, 1.54) is 37.1 Å². The van der Waals surface area contributed by atoms with Crippen LogP contribution in [0.5, 0.6) is 0 Å². The van der Waals surface area contributed by atoms with E-state index in [4.69, 9.17) is 0 Å². The van der Waals surface area contributed by atoms with Gasteiger partial charge < -0.3 is 4.90 Å². The molecule has 1 aromatic carbocycles. The minimum atomic E-state index is 0.205. The lowest BCUT2D eigenvalue weighted by atomic mass is 9.75. The molecule has 142 valence electrons. The molecule has 0 spiro atoms. The van der Waals surface area contributed by atoms with Gasteiger partial charge in [0.15, 0.2) is 0 Å². The maximum Gasteiger partial charge on any atom is 0.266 e. The van der Waals surface area contributed by atoms with Crippen LogP contribution in [0.15, 0.2) is 24.3 Å². The van der Waals surface area contributed by atoms with Gasteiger partial charge in [0.05, 0.1) is 16.7 Å². The molecule has 0 radical (unpaired) electrons. The average molecular weight is 382 g/mol. The number of amides is 1. The Bertz CT molecular complexity index is 866. The number of rotatable bonds is 2. The molecule has 4 aliphatic heterocycles. The van der Waals surface area contributed by atoms with Crippen LogP contribution in [0, 0.1) is 26.7 Å². The third-order valence-electron chi connectivity index (χ3n) is 6.86. The number of benzene rings is 1. The summed E-state index contributed by atoms with van der Waals surface area (Å²) in [6.45, 7) is 9.31. The Kier molecular flexibility index (Phi) is 4.13. The lowest BCUT2D eigenvalue weighted by Crippen LogP contribution is -2.60. The Balaban J connectivity index is 1.53. The van der Waals surface area contributed by atoms with Gasteiger partial charge in [-0.2, -0.15) is 0 Å². The summed E-state index contributed by atoms with van der Waals surface area (Å²) in [5, 5.41) is 0.982. The fourth-order valence-electron chi connectivity index (χ4n) is 5.62. The number of nitrogens with zero attached hydrogens (tertiary/aromatic N) is 3. The summed E-state index contributed by atoms with van der Waals surface area (Å²) in [6.07, 6.45) is 2.46. The molecule has 1 amide bonds. The van der Waals surface area contributed by atoms with E-state index in [1.807, 2.05) is 13.8 Å². The highest BCUT2D eigenvalue weighted by Crippen LogP contribution is 2.47. The third kappa shape index (κ3) is 2.74. The summed E-state index contributed by atoms with van der Waals surface area (Å²) in [6, 6.07) is 9.79. The fourth-order valence-corrected chi connectivity index (χ4v) is 6.50. The van der Waals surface area contributed by atoms with Crippen molar-refractivity contribution in [3.05, 3.63) is 51.0 Å². The van der Waals surface area contributed by atoms with Gasteiger partial charge in [0, 0.05) is 18.5 Å². The molecule has 0 unspecified atom stereocenters. The Hall–Kier alpha value is -1.72. The molecular weight excluding hydrogens is 354 g/mol. The molecule has 4 saturated heterocycles. The van der Waals surface area contributed by atoms with Crippen molar-refractivity contribution in [2.75, 3.05) is 19.6 Å². The van der Waals surface area contributed by atoms with Crippen molar-refractivity contribution in [3.8, 4) is 0 Å². The zero-order valence-corrected chi connectivity index (χ0v) is 17.1. The number of likely N-dealkylation sites (tertiary alicyclic amines) is 1. The maximum atomic E-state index is 13.5. The van der Waals surface area contributed by atoms with E-state index < -0.39 is 0 Å². The van der Waals surface area contributed by atoms with Crippen molar-refractivity contribution < 1.29 is 4.79 Å². The molecule has 27 heavy (non-hydrogen) atoms.